The van der Waals surface area contributed by atoms with Crippen LogP contribution in [0.1, 0.15) is 149 Å². The minimum Gasteiger partial charge on any atom is -0.462 e. The Labute approximate surface area is 388 Å². The van der Waals surface area contributed by atoms with Crippen LogP contribution in [0.15, 0.2) is 60.8 Å². The molecule has 0 aliphatic carbocycles. The summed E-state index contributed by atoms with van der Waals surface area (Å²) in [5.74, 6) is -1.01. The van der Waals surface area contributed by atoms with E-state index in [-0.39, 0.29) is 19.4 Å². The van der Waals surface area contributed by atoms with Crippen LogP contribution in [-0.2, 0) is 38.0 Å². The number of esters is 2. The lowest BCUT2D eigenvalue weighted by atomic mass is 9.98. The Balaban J connectivity index is 1.87. The highest BCUT2D eigenvalue weighted by Gasteiger charge is 2.47. The van der Waals surface area contributed by atoms with E-state index in [9.17, 15) is 45.3 Å². The van der Waals surface area contributed by atoms with E-state index in [0.717, 1.165) is 64.2 Å². The molecule has 0 bridgehead atoms. The molecule has 4 unspecified atom stereocenters. The monoisotopic (exact) mass is 925 g/mol. The highest BCUT2D eigenvalue weighted by Crippen LogP contribution is 2.26. The van der Waals surface area contributed by atoms with Crippen LogP contribution in [0, 0.1) is 0 Å². The van der Waals surface area contributed by atoms with Crippen LogP contribution in [-0.4, -0.2) is 142 Å². The maximum atomic E-state index is 12.9. The van der Waals surface area contributed by atoms with Crippen molar-refractivity contribution in [3.05, 3.63) is 60.8 Å². The fourth-order valence-corrected chi connectivity index (χ4v) is 7.14. The van der Waals surface area contributed by atoms with Gasteiger partial charge in [0.2, 0.25) is 0 Å². The molecular weight excluding hydrogens is 841 g/mol. The summed E-state index contributed by atoms with van der Waals surface area (Å²) in [6, 6.07) is 0. The number of ether oxygens (including phenoxy) is 6. The smallest absolute Gasteiger partial charge is 0.306 e. The maximum Gasteiger partial charge on any atom is 0.306 e. The summed E-state index contributed by atoms with van der Waals surface area (Å²) in [7, 11) is 0. The molecule has 65 heavy (non-hydrogen) atoms. The number of allylic oxidation sites excluding steroid dienone is 10. The standard InChI is InChI=1S/C50H84O15/c1-3-5-7-9-11-13-15-17-18-19-20-21-23-25-27-29-31-33-42(53)63-38(35-60-41(52)32-30-28-26-24-22-16-14-12-10-8-6-4-2)36-61-49-48(59)46(57)44(55)40(65-49)37-62-50-47(58)45(56)43(54)39(34-51)64-50/h11-14,17-18,20-21,25,27,38-40,43-51,54-59H,3-10,15-16,19,22-24,26,28-37H2,1-2H3/b13-11+,14-12+,18-17+,21-20+,27-25+/t38-,39+,40+,43-,44-,45?,46?,47?,48?,49+,50+/m1/s1. The van der Waals surface area contributed by atoms with E-state index in [1.54, 1.807) is 0 Å². The van der Waals surface area contributed by atoms with Crippen LogP contribution in [0.3, 0.4) is 0 Å². The molecule has 2 saturated heterocycles. The summed E-state index contributed by atoms with van der Waals surface area (Å²) in [5.41, 5.74) is 0. The minimum absolute atomic E-state index is 0.0853. The van der Waals surface area contributed by atoms with E-state index in [4.69, 9.17) is 28.4 Å². The molecule has 0 aromatic carbocycles. The van der Waals surface area contributed by atoms with E-state index < -0.39 is 99.3 Å². The molecule has 0 spiro atoms. The van der Waals surface area contributed by atoms with Gasteiger partial charge in [0.15, 0.2) is 18.7 Å². The minimum atomic E-state index is -1.78. The Kier molecular flexibility index (Phi) is 33.4. The third kappa shape index (κ3) is 25.8. The highest BCUT2D eigenvalue weighted by atomic mass is 16.7. The number of hydrogen-bond donors (Lipinski definition) is 7. The van der Waals surface area contributed by atoms with Gasteiger partial charge in [-0.1, -0.05) is 120 Å². The fourth-order valence-electron chi connectivity index (χ4n) is 7.14. The Hall–Kier alpha value is -2.80. The van der Waals surface area contributed by atoms with Crippen molar-refractivity contribution in [3.63, 3.8) is 0 Å². The van der Waals surface area contributed by atoms with Crippen LogP contribution in [0.25, 0.3) is 0 Å². The van der Waals surface area contributed by atoms with E-state index in [0.29, 0.717) is 19.3 Å². The molecule has 2 aliphatic heterocycles. The second-order valence-electron chi connectivity index (χ2n) is 16.9. The maximum absolute atomic E-state index is 12.9. The summed E-state index contributed by atoms with van der Waals surface area (Å²) in [5, 5.41) is 71.9. The number of rotatable bonds is 36. The molecule has 7 N–H and O–H groups in total. The average Bonchev–Trinajstić information content (AvgIpc) is 3.30. The van der Waals surface area contributed by atoms with Crippen LogP contribution >= 0.6 is 0 Å². The molecule has 15 nitrogen and oxygen atoms in total. The van der Waals surface area contributed by atoms with E-state index in [1.165, 1.54) is 38.5 Å². The summed E-state index contributed by atoms with van der Waals surface area (Å²) in [6.07, 6.45) is 24.0. The van der Waals surface area contributed by atoms with Crippen molar-refractivity contribution in [2.24, 2.45) is 0 Å². The highest BCUT2D eigenvalue weighted by molar-refractivity contribution is 5.70. The first-order valence-electron chi connectivity index (χ1n) is 24.4. The number of hydrogen-bond acceptors (Lipinski definition) is 15. The van der Waals surface area contributed by atoms with Crippen molar-refractivity contribution in [1.29, 1.82) is 0 Å². The van der Waals surface area contributed by atoms with Gasteiger partial charge in [-0.15, -0.1) is 0 Å². The third-order valence-electron chi connectivity index (χ3n) is 11.2. The molecule has 2 rings (SSSR count). The predicted octanol–water partition coefficient (Wildman–Crippen LogP) is 6.10. The molecular formula is C50H84O15. The van der Waals surface area contributed by atoms with Gasteiger partial charge in [-0.25, -0.2) is 0 Å². The zero-order valence-corrected chi connectivity index (χ0v) is 39.2. The third-order valence-corrected chi connectivity index (χ3v) is 11.2. The molecule has 2 heterocycles. The second-order valence-corrected chi connectivity index (χ2v) is 16.9. The number of aliphatic hydroxyl groups is 7. The summed E-state index contributed by atoms with van der Waals surface area (Å²) in [4.78, 5) is 25.7. The molecule has 0 amide bonds. The molecule has 2 aliphatic rings. The van der Waals surface area contributed by atoms with Crippen molar-refractivity contribution in [2.45, 2.75) is 216 Å². The van der Waals surface area contributed by atoms with Crippen LogP contribution in [0.4, 0.5) is 0 Å². The Bertz CT molecular complexity index is 1370. The second kappa shape index (κ2) is 37.2. The lowest BCUT2D eigenvalue weighted by Gasteiger charge is -2.42. The summed E-state index contributed by atoms with van der Waals surface area (Å²) in [6.45, 7) is 2.44. The Morgan fingerprint density at radius 1 is 0.492 bits per heavy atom. The number of aliphatic hydroxyl groups excluding tert-OH is 7. The van der Waals surface area contributed by atoms with Crippen molar-refractivity contribution < 1.29 is 73.8 Å². The van der Waals surface area contributed by atoms with E-state index in [1.807, 2.05) is 12.2 Å². The topological polar surface area (TPSA) is 231 Å². The Morgan fingerprint density at radius 2 is 0.938 bits per heavy atom. The van der Waals surface area contributed by atoms with Crippen molar-refractivity contribution in [1.82, 2.24) is 0 Å². The van der Waals surface area contributed by atoms with Gasteiger partial charge in [0.25, 0.3) is 0 Å². The first-order valence-corrected chi connectivity index (χ1v) is 24.4. The van der Waals surface area contributed by atoms with Gasteiger partial charge < -0.3 is 64.2 Å². The van der Waals surface area contributed by atoms with Crippen molar-refractivity contribution in [3.8, 4) is 0 Å². The van der Waals surface area contributed by atoms with E-state index >= 15 is 0 Å². The molecule has 0 aromatic rings. The van der Waals surface area contributed by atoms with Gasteiger partial charge in [0.1, 0.15) is 55.4 Å². The van der Waals surface area contributed by atoms with Gasteiger partial charge >= 0.3 is 11.9 Å². The average molecular weight is 925 g/mol. The van der Waals surface area contributed by atoms with Crippen LogP contribution in [0.5, 0.6) is 0 Å². The lowest BCUT2D eigenvalue weighted by molar-refractivity contribution is -0.332. The number of carbonyl (C=O) groups is 2. The molecule has 374 valence electrons. The van der Waals surface area contributed by atoms with Crippen molar-refractivity contribution in [2.75, 3.05) is 26.4 Å². The summed E-state index contributed by atoms with van der Waals surface area (Å²) < 4.78 is 33.4. The van der Waals surface area contributed by atoms with Crippen LogP contribution in [0.2, 0.25) is 0 Å². The quantitative estimate of drug-likeness (QED) is 0.0214. The zero-order chi connectivity index (χ0) is 47.5. The SMILES string of the molecule is CCCCC/C=C/C/C=C/C/C=C/C/C=C/CCCC(=O)O[C@H](COC(=O)CCCCCCC/C=C/CCCCC)CO[C@H]1O[C@@H](CO[C@H]2O[C@@H](CO)[C@@H](O)C(O)C2O)[C@@H](O)C(O)C1O. The number of carbonyl (C=O) groups excluding carboxylic acids is 2. The van der Waals surface area contributed by atoms with Gasteiger partial charge in [-0.05, 0) is 77.0 Å². The normalized spacial score (nSPS) is 26.9. The molecule has 0 saturated carbocycles. The van der Waals surface area contributed by atoms with Gasteiger partial charge in [0, 0.05) is 12.8 Å². The van der Waals surface area contributed by atoms with Crippen LogP contribution < -0.4 is 0 Å². The summed E-state index contributed by atoms with van der Waals surface area (Å²) >= 11 is 0. The lowest BCUT2D eigenvalue weighted by Crippen LogP contribution is -2.61. The molecule has 0 radical (unpaired) electrons. The van der Waals surface area contributed by atoms with Gasteiger partial charge in [0.05, 0.1) is 19.8 Å². The molecule has 15 heteroatoms. The zero-order valence-electron chi connectivity index (χ0n) is 39.2. The number of unbranched alkanes of at least 4 members (excludes halogenated alkanes) is 12. The van der Waals surface area contributed by atoms with E-state index in [2.05, 4.69) is 62.5 Å². The largest absolute Gasteiger partial charge is 0.462 e. The first-order chi connectivity index (χ1) is 31.5. The van der Waals surface area contributed by atoms with Gasteiger partial charge in [-0.2, -0.15) is 0 Å². The fraction of sp³-hybridized carbons (Fsp3) is 0.760. The predicted molar refractivity (Wildman–Crippen MR) is 247 cm³/mol. The Morgan fingerprint density at radius 3 is 1.51 bits per heavy atom. The van der Waals surface area contributed by atoms with Gasteiger partial charge in [-0.3, -0.25) is 9.59 Å². The van der Waals surface area contributed by atoms with Crippen molar-refractivity contribution >= 4 is 11.9 Å². The molecule has 2 fully saturated rings. The molecule has 0 aromatic heterocycles. The molecule has 11 atom stereocenters. The first kappa shape index (κ1) is 58.3.